The Balaban J connectivity index is 1.28. The van der Waals surface area contributed by atoms with Crippen molar-refractivity contribution in [1.29, 1.82) is 0 Å². The van der Waals surface area contributed by atoms with Crippen LogP contribution in [0.1, 0.15) is 11.1 Å². The van der Waals surface area contributed by atoms with Gasteiger partial charge >= 0.3 is 6.03 Å². The number of amides is 2. The van der Waals surface area contributed by atoms with E-state index in [2.05, 4.69) is 11.4 Å². The molecule has 0 aliphatic carbocycles. The van der Waals surface area contributed by atoms with Crippen LogP contribution in [0.5, 0.6) is 17.2 Å². The normalized spacial score (nSPS) is 17.2. The summed E-state index contributed by atoms with van der Waals surface area (Å²) in [6.45, 7) is 2.11. The second-order valence-electron chi connectivity index (χ2n) is 6.58. The van der Waals surface area contributed by atoms with Crippen LogP contribution in [0, 0.1) is 0 Å². The highest BCUT2D eigenvalue weighted by Gasteiger charge is 2.23. The van der Waals surface area contributed by atoms with Gasteiger partial charge < -0.3 is 24.4 Å². The average Bonchev–Trinajstić information content (AvgIpc) is 3.13. The third kappa shape index (κ3) is 3.54. The van der Waals surface area contributed by atoms with Crippen molar-refractivity contribution in [2.45, 2.75) is 19.1 Å². The average molecular weight is 354 g/mol. The summed E-state index contributed by atoms with van der Waals surface area (Å²) in [4.78, 5) is 14.0. The standard InChI is InChI=1S/C20H22N2O4/c1-22(12-16-13-25-18-4-2-3-5-19(18)26-16)20(23)21-11-14-6-7-17-15(10-14)8-9-24-17/h2-7,10,16H,8-9,11-13H2,1H3,(H,21,23)/t16-/m1/s1. The van der Waals surface area contributed by atoms with Gasteiger partial charge in [0.25, 0.3) is 0 Å². The van der Waals surface area contributed by atoms with E-state index in [4.69, 9.17) is 14.2 Å². The zero-order valence-electron chi connectivity index (χ0n) is 14.7. The molecule has 0 spiro atoms. The number of fused-ring (bicyclic) bond motifs is 2. The molecule has 0 fully saturated rings. The lowest BCUT2D eigenvalue weighted by atomic mass is 10.1. The smallest absolute Gasteiger partial charge is 0.317 e. The van der Waals surface area contributed by atoms with Gasteiger partial charge in [-0.15, -0.1) is 0 Å². The Labute approximate surface area is 152 Å². The molecule has 2 aromatic carbocycles. The Bertz CT molecular complexity index is 808. The first-order valence-corrected chi connectivity index (χ1v) is 8.81. The van der Waals surface area contributed by atoms with E-state index in [1.807, 2.05) is 36.4 Å². The van der Waals surface area contributed by atoms with Crippen LogP contribution in [0.4, 0.5) is 4.79 Å². The molecular weight excluding hydrogens is 332 g/mol. The number of hydrogen-bond donors (Lipinski definition) is 1. The first-order valence-electron chi connectivity index (χ1n) is 8.81. The third-order valence-electron chi connectivity index (χ3n) is 4.59. The van der Waals surface area contributed by atoms with Gasteiger partial charge in [-0.3, -0.25) is 0 Å². The minimum atomic E-state index is -0.183. The van der Waals surface area contributed by atoms with E-state index >= 15 is 0 Å². The molecule has 26 heavy (non-hydrogen) atoms. The fourth-order valence-corrected chi connectivity index (χ4v) is 3.20. The van der Waals surface area contributed by atoms with Crippen molar-refractivity contribution in [3.63, 3.8) is 0 Å². The zero-order valence-corrected chi connectivity index (χ0v) is 14.7. The molecule has 0 aromatic heterocycles. The Morgan fingerprint density at radius 3 is 2.88 bits per heavy atom. The van der Waals surface area contributed by atoms with Gasteiger partial charge in [-0.25, -0.2) is 4.79 Å². The molecular formula is C20H22N2O4. The van der Waals surface area contributed by atoms with Crippen molar-refractivity contribution >= 4 is 6.03 Å². The van der Waals surface area contributed by atoms with E-state index in [9.17, 15) is 4.79 Å². The van der Waals surface area contributed by atoms with Crippen molar-refractivity contribution in [2.24, 2.45) is 0 Å². The first kappa shape index (κ1) is 16.6. The van der Waals surface area contributed by atoms with Crippen LogP contribution in [0.15, 0.2) is 42.5 Å². The number of likely N-dealkylation sites (N-methyl/N-ethyl adjacent to an activating group) is 1. The van der Waals surface area contributed by atoms with E-state index in [0.717, 1.165) is 35.8 Å². The van der Waals surface area contributed by atoms with Gasteiger partial charge in [0.1, 0.15) is 12.4 Å². The van der Waals surface area contributed by atoms with Gasteiger partial charge in [0.05, 0.1) is 13.2 Å². The fraction of sp³-hybridized carbons (Fsp3) is 0.350. The molecule has 2 aliphatic rings. The van der Waals surface area contributed by atoms with Crippen LogP contribution in [-0.4, -0.2) is 43.8 Å². The molecule has 136 valence electrons. The van der Waals surface area contributed by atoms with Crippen LogP contribution >= 0.6 is 0 Å². The highest BCUT2D eigenvalue weighted by atomic mass is 16.6. The fourth-order valence-electron chi connectivity index (χ4n) is 3.20. The number of urea groups is 1. The van der Waals surface area contributed by atoms with Crippen molar-refractivity contribution in [3.05, 3.63) is 53.6 Å². The highest BCUT2D eigenvalue weighted by molar-refractivity contribution is 5.73. The molecule has 0 radical (unpaired) electrons. The van der Waals surface area contributed by atoms with Gasteiger partial charge in [-0.1, -0.05) is 24.3 Å². The van der Waals surface area contributed by atoms with Crippen molar-refractivity contribution in [2.75, 3.05) is 26.8 Å². The minimum absolute atomic E-state index is 0.135. The second kappa shape index (κ2) is 7.15. The van der Waals surface area contributed by atoms with E-state index in [1.54, 1.807) is 11.9 Å². The molecule has 4 rings (SSSR count). The van der Waals surface area contributed by atoms with Crippen LogP contribution in [0.2, 0.25) is 0 Å². The zero-order chi connectivity index (χ0) is 17.9. The maximum atomic E-state index is 12.4. The van der Waals surface area contributed by atoms with E-state index in [0.29, 0.717) is 19.7 Å². The van der Waals surface area contributed by atoms with Gasteiger partial charge in [0, 0.05) is 20.0 Å². The molecule has 2 amide bonds. The predicted molar refractivity (Wildman–Crippen MR) is 96.9 cm³/mol. The summed E-state index contributed by atoms with van der Waals surface area (Å²) in [7, 11) is 1.76. The molecule has 0 unspecified atom stereocenters. The predicted octanol–water partition coefficient (Wildman–Crippen LogP) is 2.60. The van der Waals surface area contributed by atoms with Gasteiger partial charge in [-0.2, -0.15) is 0 Å². The van der Waals surface area contributed by atoms with Gasteiger partial charge in [0.15, 0.2) is 17.6 Å². The van der Waals surface area contributed by atoms with E-state index in [1.165, 1.54) is 5.56 Å². The van der Waals surface area contributed by atoms with Crippen LogP contribution < -0.4 is 19.5 Å². The summed E-state index contributed by atoms with van der Waals surface area (Å²) in [6, 6.07) is 13.5. The molecule has 2 aromatic rings. The van der Waals surface area contributed by atoms with Crippen LogP contribution in [0.3, 0.4) is 0 Å². The van der Waals surface area contributed by atoms with E-state index < -0.39 is 0 Å². The number of nitrogens with zero attached hydrogens (tertiary/aromatic N) is 1. The van der Waals surface area contributed by atoms with Gasteiger partial charge in [-0.05, 0) is 29.3 Å². The monoisotopic (exact) mass is 354 g/mol. The second-order valence-corrected chi connectivity index (χ2v) is 6.58. The number of benzene rings is 2. The molecule has 6 nitrogen and oxygen atoms in total. The number of hydrogen-bond acceptors (Lipinski definition) is 4. The van der Waals surface area contributed by atoms with Gasteiger partial charge in [0.2, 0.25) is 0 Å². The van der Waals surface area contributed by atoms with Crippen LogP contribution in [-0.2, 0) is 13.0 Å². The SMILES string of the molecule is CN(C[C@@H]1COc2ccccc2O1)C(=O)NCc1ccc2c(c1)CCO2. The Hall–Kier alpha value is -2.89. The molecule has 1 atom stereocenters. The minimum Gasteiger partial charge on any atom is -0.493 e. The molecule has 6 heteroatoms. The Morgan fingerprint density at radius 2 is 2.00 bits per heavy atom. The summed E-state index contributed by atoms with van der Waals surface area (Å²) >= 11 is 0. The highest BCUT2D eigenvalue weighted by Crippen LogP contribution is 2.31. The number of nitrogens with one attached hydrogen (secondary N) is 1. The third-order valence-corrected chi connectivity index (χ3v) is 4.59. The first-order chi connectivity index (χ1) is 12.7. The Kier molecular flexibility index (Phi) is 4.56. The lowest BCUT2D eigenvalue weighted by Gasteiger charge is -2.29. The molecule has 0 saturated carbocycles. The Morgan fingerprint density at radius 1 is 1.15 bits per heavy atom. The maximum Gasteiger partial charge on any atom is 0.317 e. The van der Waals surface area contributed by atoms with Crippen molar-refractivity contribution in [1.82, 2.24) is 10.2 Å². The lowest BCUT2D eigenvalue weighted by Crippen LogP contribution is -2.45. The molecule has 0 saturated heterocycles. The summed E-state index contributed by atoms with van der Waals surface area (Å²) in [5, 5.41) is 2.95. The summed E-state index contributed by atoms with van der Waals surface area (Å²) < 4.78 is 17.1. The molecule has 2 aliphatic heterocycles. The summed E-state index contributed by atoms with van der Waals surface area (Å²) in [5.74, 6) is 2.42. The maximum absolute atomic E-state index is 12.4. The molecule has 2 heterocycles. The van der Waals surface area contributed by atoms with Crippen molar-refractivity contribution < 1.29 is 19.0 Å². The number of carbonyl (C=O) groups excluding carboxylic acids is 1. The van der Waals surface area contributed by atoms with E-state index in [-0.39, 0.29) is 12.1 Å². The van der Waals surface area contributed by atoms with Crippen LogP contribution in [0.25, 0.3) is 0 Å². The summed E-state index contributed by atoms with van der Waals surface area (Å²) in [6.07, 6.45) is 0.745. The molecule has 0 bridgehead atoms. The number of rotatable bonds is 4. The quantitative estimate of drug-likeness (QED) is 0.917. The number of para-hydroxylation sites is 2. The summed E-state index contributed by atoms with van der Waals surface area (Å²) in [5.41, 5.74) is 2.28. The lowest BCUT2D eigenvalue weighted by molar-refractivity contribution is 0.0715. The molecule has 1 N–H and O–H groups in total. The largest absolute Gasteiger partial charge is 0.493 e. The van der Waals surface area contributed by atoms with Crippen molar-refractivity contribution in [3.8, 4) is 17.2 Å². The number of carbonyl (C=O) groups is 1. The topological polar surface area (TPSA) is 60.0 Å². The number of ether oxygens (including phenoxy) is 3.